The van der Waals surface area contributed by atoms with E-state index in [0.29, 0.717) is 0 Å². The zero-order valence-electron chi connectivity index (χ0n) is 6.24. The molecule has 66 valence electrons. The third-order valence-electron chi connectivity index (χ3n) is 1.48. The summed E-state index contributed by atoms with van der Waals surface area (Å²) in [7, 11) is 0. The summed E-state index contributed by atoms with van der Waals surface area (Å²) < 4.78 is 37.0. The number of rotatable bonds is 1. The van der Waals surface area contributed by atoms with Gasteiger partial charge < -0.3 is 0 Å². The third-order valence-corrected chi connectivity index (χ3v) is 1.76. The minimum absolute atomic E-state index is 0.137. The van der Waals surface area contributed by atoms with Crippen LogP contribution in [0.3, 0.4) is 0 Å². The molecule has 0 heterocycles. The van der Waals surface area contributed by atoms with Crippen molar-refractivity contribution in [3.8, 4) is 0 Å². The quantitative estimate of drug-likeness (QED) is 0.639. The van der Waals surface area contributed by atoms with Gasteiger partial charge in [-0.25, -0.2) is 13.2 Å². The molecule has 0 aromatic heterocycles. The van der Waals surface area contributed by atoms with E-state index in [2.05, 4.69) is 0 Å². The molecule has 1 aromatic rings. The highest BCUT2D eigenvalue weighted by atomic mass is 35.5. The zero-order chi connectivity index (χ0) is 9.30. The lowest BCUT2D eigenvalue weighted by Crippen LogP contribution is -1.90. The maximum Gasteiger partial charge on any atom is 0.263 e. The van der Waals surface area contributed by atoms with Gasteiger partial charge in [0, 0.05) is 5.56 Å². The molecule has 0 aliphatic rings. The Bertz CT molecular complexity index is 273. The summed E-state index contributed by atoms with van der Waals surface area (Å²) in [5.41, 5.74) is -0.114. The average Bonchev–Trinajstić information content (AvgIpc) is 1.99. The molecule has 0 aliphatic carbocycles. The van der Waals surface area contributed by atoms with Crippen molar-refractivity contribution < 1.29 is 13.2 Å². The predicted octanol–water partition coefficient (Wildman–Crippen LogP) is 3.73. The van der Waals surface area contributed by atoms with Gasteiger partial charge in [0.1, 0.15) is 5.82 Å². The van der Waals surface area contributed by atoms with Crippen LogP contribution < -0.4 is 0 Å². The first-order valence-corrected chi connectivity index (χ1v) is 3.64. The summed E-state index contributed by atoms with van der Waals surface area (Å²) in [6, 6.07) is 2.03. The van der Waals surface area contributed by atoms with Gasteiger partial charge in [0.2, 0.25) is 0 Å². The Morgan fingerprint density at radius 2 is 1.92 bits per heavy atom. The Labute approximate surface area is 73.0 Å². The molecule has 0 aliphatic heterocycles. The molecule has 0 atom stereocenters. The zero-order valence-corrected chi connectivity index (χ0v) is 7.00. The van der Waals surface area contributed by atoms with Crippen molar-refractivity contribution in [3.63, 3.8) is 0 Å². The Kier molecular flexibility index (Phi) is 2.62. The number of benzene rings is 1. The van der Waals surface area contributed by atoms with Gasteiger partial charge in [-0.1, -0.05) is 11.6 Å². The van der Waals surface area contributed by atoms with E-state index >= 15 is 0 Å². The van der Waals surface area contributed by atoms with E-state index in [1.54, 1.807) is 0 Å². The van der Waals surface area contributed by atoms with E-state index in [1.807, 2.05) is 0 Å². The van der Waals surface area contributed by atoms with Crippen LogP contribution in [-0.2, 0) is 0 Å². The molecule has 1 aromatic carbocycles. The van der Waals surface area contributed by atoms with Gasteiger partial charge in [-0.2, -0.15) is 0 Å². The molecule has 4 heteroatoms. The minimum Gasteiger partial charge on any atom is -0.205 e. The third kappa shape index (κ3) is 1.72. The first kappa shape index (κ1) is 9.39. The van der Waals surface area contributed by atoms with Crippen LogP contribution in [-0.4, -0.2) is 0 Å². The molecular formula is C8H6ClF3. The van der Waals surface area contributed by atoms with Crippen LogP contribution in [0.15, 0.2) is 12.1 Å². The molecule has 1 rings (SSSR count). The fourth-order valence-corrected chi connectivity index (χ4v) is 1.15. The van der Waals surface area contributed by atoms with Crippen LogP contribution in [0.2, 0.25) is 5.02 Å². The van der Waals surface area contributed by atoms with Crippen LogP contribution in [0, 0.1) is 12.7 Å². The van der Waals surface area contributed by atoms with E-state index < -0.39 is 12.2 Å². The fourth-order valence-electron chi connectivity index (χ4n) is 0.879. The van der Waals surface area contributed by atoms with Crippen molar-refractivity contribution in [1.82, 2.24) is 0 Å². The summed E-state index contributed by atoms with van der Waals surface area (Å²) in [6.45, 7) is 1.40. The number of alkyl halides is 2. The first-order valence-electron chi connectivity index (χ1n) is 3.26. The molecule has 0 nitrogen and oxygen atoms in total. The summed E-state index contributed by atoms with van der Waals surface area (Å²) in [4.78, 5) is 0. The Morgan fingerprint density at radius 3 is 2.33 bits per heavy atom. The van der Waals surface area contributed by atoms with Gasteiger partial charge in [-0.05, 0) is 24.6 Å². The first-order chi connectivity index (χ1) is 5.52. The van der Waals surface area contributed by atoms with Crippen molar-refractivity contribution in [2.24, 2.45) is 0 Å². The normalized spacial score (nSPS) is 10.8. The highest BCUT2D eigenvalue weighted by molar-refractivity contribution is 6.30. The lowest BCUT2D eigenvalue weighted by Gasteiger charge is -2.03. The fraction of sp³-hybridized carbons (Fsp3) is 0.250. The van der Waals surface area contributed by atoms with Crippen LogP contribution >= 0.6 is 11.6 Å². The molecule has 0 spiro atoms. The van der Waals surface area contributed by atoms with Crippen molar-refractivity contribution in [2.45, 2.75) is 13.3 Å². The van der Waals surface area contributed by atoms with E-state index in [0.717, 1.165) is 12.1 Å². The standard InChI is InChI=1S/C8H6ClF3/c1-4-2-5(8(11)12)3-6(9)7(4)10/h2-3,8H,1H3. The smallest absolute Gasteiger partial charge is 0.205 e. The van der Waals surface area contributed by atoms with Gasteiger partial charge in [0.05, 0.1) is 5.02 Å². The van der Waals surface area contributed by atoms with Gasteiger partial charge in [0.25, 0.3) is 6.43 Å². The summed E-state index contributed by atoms with van der Waals surface area (Å²) >= 11 is 5.35. The molecule has 0 amide bonds. The highest BCUT2D eigenvalue weighted by Gasteiger charge is 2.12. The lowest BCUT2D eigenvalue weighted by molar-refractivity contribution is 0.151. The maximum absolute atomic E-state index is 12.8. The van der Waals surface area contributed by atoms with Gasteiger partial charge in [-0.3, -0.25) is 0 Å². The van der Waals surface area contributed by atoms with Crippen molar-refractivity contribution >= 4 is 11.6 Å². The molecule has 0 unspecified atom stereocenters. The second-order valence-electron chi connectivity index (χ2n) is 2.43. The number of hydrogen-bond donors (Lipinski definition) is 0. The summed E-state index contributed by atoms with van der Waals surface area (Å²) in [5.74, 6) is -0.638. The van der Waals surface area contributed by atoms with E-state index in [4.69, 9.17) is 11.6 Å². The van der Waals surface area contributed by atoms with Crippen LogP contribution in [0.25, 0.3) is 0 Å². The SMILES string of the molecule is Cc1cc(C(F)F)cc(Cl)c1F. The van der Waals surface area contributed by atoms with Crippen LogP contribution in [0.5, 0.6) is 0 Å². The van der Waals surface area contributed by atoms with Gasteiger partial charge in [0.15, 0.2) is 0 Å². The molecule has 0 saturated heterocycles. The minimum atomic E-state index is -2.61. The second kappa shape index (κ2) is 3.35. The summed E-state index contributed by atoms with van der Waals surface area (Å²) in [6.07, 6.45) is -2.61. The predicted molar refractivity (Wildman–Crippen MR) is 41.1 cm³/mol. The van der Waals surface area contributed by atoms with E-state index in [9.17, 15) is 13.2 Å². The van der Waals surface area contributed by atoms with Crippen molar-refractivity contribution in [3.05, 3.63) is 34.1 Å². The number of halogens is 4. The Hall–Kier alpha value is -0.700. The topological polar surface area (TPSA) is 0 Å². The molecule has 0 fully saturated rings. The van der Waals surface area contributed by atoms with E-state index in [-0.39, 0.29) is 16.1 Å². The maximum atomic E-state index is 12.8. The van der Waals surface area contributed by atoms with Crippen molar-refractivity contribution in [1.29, 1.82) is 0 Å². The average molecular weight is 195 g/mol. The molecular weight excluding hydrogens is 189 g/mol. The Morgan fingerprint density at radius 1 is 1.33 bits per heavy atom. The highest BCUT2D eigenvalue weighted by Crippen LogP contribution is 2.26. The molecule has 0 radical (unpaired) electrons. The summed E-state index contributed by atoms with van der Waals surface area (Å²) in [5, 5.41) is -0.259. The monoisotopic (exact) mass is 194 g/mol. The number of hydrogen-bond acceptors (Lipinski definition) is 0. The molecule has 12 heavy (non-hydrogen) atoms. The molecule has 0 saturated carbocycles. The Balaban J connectivity index is 3.21. The lowest BCUT2D eigenvalue weighted by atomic mass is 10.1. The van der Waals surface area contributed by atoms with Gasteiger partial charge >= 0.3 is 0 Å². The van der Waals surface area contributed by atoms with Crippen molar-refractivity contribution in [2.75, 3.05) is 0 Å². The van der Waals surface area contributed by atoms with E-state index in [1.165, 1.54) is 6.92 Å². The second-order valence-corrected chi connectivity index (χ2v) is 2.84. The molecule has 0 N–H and O–H groups in total. The van der Waals surface area contributed by atoms with Crippen LogP contribution in [0.4, 0.5) is 13.2 Å². The van der Waals surface area contributed by atoms with Crippen LogP contribution in [0.1, 0.15) is 17.6 Å². The largest absolute Gasteiger partial charge is 0.263 e. The molecule has 0 bridgehead atoms. The van der Waals surface area contributed by atoms with Gasteiger partial charge in [-0.15, -0.1) is 0 Å². The number of aryl methyl sites for hydroxylation is 1.